The van der Waals surface area contributed by atoms with E-state index in [-0.39, 0.29) is 24.3 Å². The van der Waals surface area contributed by atoms with Gasteiger partial charge in [-0.25, -0.2) is 4.79 Å². The average molecular weight is 409 g/mol. The summed E-state index contributed by atoms with van der Waals surface area (Å²) in [6.07, 6.45) is 0.702. The van der Waals surface area contributed by atoms with Crippen LogP contribution in [0.5, 0.6) is 0 Å². The van der Waals surface area contributed by atoms with Crippen molar-refractivity contribution < 1.29 is 23.5 Å². The van der Waals surface area contributed by atoms with Crippen LogP contribution in [-0.2, 0) is 27.3 Å². The van der Waals surface area contributed by atoms with Crippen LogP contribution in [0.15, 0.2) is 59.0 Å². The minimum absolute atomic E-state index is 0.0471. The van der Waals surface area contributed by atoms with Gasteiger partial charge in [-0.05, 0) is 38.3 Å². The number of carbonyl (C=O) groups excluding carboxylic acids is 2. The Bertz CT molecular complexity index is 995. The lowest BCUT2D eigenvalue weighted by Gasteiger charge is -2.18. The van der Waals surface area contributed by atoms with Crippen LogP contribution in [0.25, 0.3) is 11.0 Å². The lowest BCUT2D eigenvalue weighted by Crippen LogP contribution is -2.41. The standard InChI is InChI=1S/C24H27NO5/c1-16(13-14-18-9-5-4-6-10-18)25-23(26)17(2)29-24(27)22-20(15-28-3)19-11-7-8-12-21(19)30-22/h4-12,16-17H,13-15H2,1-3H3,(H,25,26)/t16-,17+/m1/s1. The number of rotatable bonds is 9. The number of benzene rings is 2. The van der Waals surface area contributed by atoms with Crippen molar-refractivity contribution in [2.24, 2.45) is 0 Å². The van der Waals surface area contributed by atoms with Gasteiger partial charge in [-0.2, -0.15) is 0 Å². The third-order valence-electron chi connectivity index (χ3n) is 4.92. The highest BCUT2D eigenvalue weighted by Gasteiger charge is 2.26. The van der Waals surface area contributed by atoms with Crippen molar-refractivity contribution in [2.75, 3.05) is 7.11 Å². The van der Waals surface area contributed by atoms with Crippen LogP contribution in [-0.4, -0.2) is 31.1 Å². The number of hydrogen-bond donors (Lipinski definition) is 1. The fourth-order valence-corrected chi connectivity index (χ4v) is 3.28. The molecule has 3 rings (SSSR count). The number of hydrogen-bond acceptors (Lipinski definition) is 5. The minimum atomic E-state index is -0.944. The molecular weight excluding hydrogens is 382 g/mol. The molecule has 0 aliphatic heterocycles. The minimum Gasteiger partial charge on any atom is -0.449 e. The topological polar surface area (TPSA) is 77.8 Å². The van der Waals surface area contributed by atoms with Crippen molar-refractivity contribution in [3.8, 4) is 0 Å². The van der Waals surface area contributed by atoms with Gasteiger partial charge in [0.1, 0.15) is 5.58 Å². The number of fused-ring (bicyclic) bond motifs is 1. The van der Waals surface area contributed by atoms with Crippen LogP contribution < -0.4 is 5.32 Å². The summed E-state index contributed by atoms with van der Waals surface area (Å²) >= 11 is 0. The number of amides is 1. The molecule has 0 fully saturated rings. The number of ether oxygens (including phenoxy) is 2. The summed E-state index contributed by atoms with van der Waals surface area (Å²) in [7, 11) is 1.55. The molecule has 0 aliphatic rings. The molecule has 2 atom stereocenters. The smallest absolute Gasteiger partial charge is 0.375 e. The molecule has 30 heavy (non-hydrogen) atoms. The molecule has 1 amide bonds. The van der Waals surface area contributed by atoms with E-state index in [0.717, 1.165) is 18.2 Å². The zero-order chi connectivity index (χ0) is 21.5. The monoisotopic (exact) mass is 409 g/mol. The second-order valence-electron chi connectivity index (χ2n) is 7.32. The second kappa shape index (κ2) is 10.1. The maximum Gasteiger partial charge on any atom is 0.375 e. The van der Waals surface area contributed by atoms with Crippen LogP contribution in [0.3, 0.4) is 0 Å². The number of esters is 1. The van der Waals surface area contributed by atoms with Gasteiger partial charge in [-0.3, -0.25) is 4.79 Å². The van der Waals surface area contributed by atoms with E-state index in [9.17, 15) is 9.59 Å². The zero-order valence-corrected chi connectivity index (χ0v) is 17.5. The van der Waals surface area contributed by atoms with Gasteiger partial charge in [0.2, 0.25) is 5.76 Å². The molecule has 0 unspecified atom stereocenters. The molecule has 0 saturated carbocycles. The highest BCUT2D eigenvalue weighted by Crippen LogP contribution is 2.27. The molecule has 0 radical (unpaired) electrons. The van der Waals surface area contributed by atoms with Crippen LogP contribution in [0.4, 0.5) is 0 Å². The van der Waals surface area contributed by atoms with Gasteiger partial charge in [0, 0.05) is 24.1 Å². The summed E-state index contributed by atoms with van der Waals surface area (Å²) in [6.45, 7) is 3.69. The summed E-state index contributed by atoms with van der Waals surface area (Å²) in [4.78, 5) is 25.1. The van der Waals surface area contributed by atoms with Crippen LogP contribution in [0, 0.1) is 0 Å². The Morgan fingerprint density at radius 3 is 2.47 bits per heavy atom. The van der Waals surface area contributed by atoms with Gasteiger partial charge in [0.25, 0.3) is 5.91 Å². The Labute approximate surface area is 176 Å². The summed E-state index contributed by atoms with van der Waals surface area (Å²) in [5.74, 6) is -0.957. The summed E-state index contributed by atoms with van der Waals surface area (Å²) in [5.41, 5.74) is 2.40. The molecule has 0 saturated heterocycles. The number of para-hydroxylation sites is 1. The molecule has 1 N–H and O–H groups in total. The van der Waals surface area contributed by atoms with E-state index in [0.29, 0.717) is 11.1 Å². The van der Waals surface area contributed by atoms with Gasteiger partial charge >= 0.3 is 5.97 Å². The summed E-state index contributed by atoms with van der Waals surface area (Å²) < 4.78 is 16.3. The van der Waals surface area contributed by atoms with Crippen molar-refractivity contribution in [3.05, 3.63) is 71.5 Å². The molecule has 0 bridgehead atoms. The molecule has 3 aromatic rings. The molecule has 1 aromatic heterocycles. The molecule has 6 heteroatoms. The Hall–Kier alpha value is -3.12. The second-order valence-corrected chi connectivity index (χ2v) is 7.32. The first-order valence-corrected chi connectivity index (χ1v) is 10.0. The average Bonchev–Trinajstić information content (AvgIpc) is 3.12. The predicted molar refractivity (Wildman–Crippen MR) is 114 cm³/mol. The van der Waals surface area contributed by atoms with Gasteiger partial charge in [-0.15, -0.1) is 0 Å². The first-order chi connectivity index (χ1) is 14.5. The fraction of sp³-hybridized carbons (Fsp3) is 0.333. The van der Waals surface area contributed by atoms with Gasteiger partial charge in [0.05, 0.1) is 6.61 Å². The van der Waals surface area contributed by atoms with E-state index in [1.54, 1.807) is 20.1 Å². The molecule has 6 nitrogen and oxygen atoms in total. The number of carbonyl (C=O) groups is 2. The van der Waals surface area contributed by atoms with Gasteiger partial charge in [-0.1, -0.05) is 48.5 Å². The van der Waals surface area contributed by atoms with Crippen LogP contribution >= 0.6 is 0 Å². The molecular formula is C24H27NO5. The molecule has 0 aliphatic carbocycles. The van der Waals surface area contributed by atoms with E-state index in [2.05, 4.69) is 17.4 Å². The third-order valence-corrected chi connectivity index (χ3v) is 4.92. The lowest BCUT2D eigenvalue weighted by molar-refractivity contribution is -0.129. The lowest BCUT2D eigenvalue weighted by atomic mass is 10.1. The van der Waals surface area contributed by atoms with Gasteiger partial charge in [0.15, 0.2) is 6.10 Å². The van der Waals surface area contributed by atoms with Gasteiger partial charge < -0.3 is 19.2 Å². The fourth-order valence-electron chi connectivity index (χ4n) is 3.28. The molecule has 0 spiro atoms. The number of furan rings is 1. The normalized spacial score (nSPS) is 13.0. The largest absolute Gasteiger partial charge is 0.449 e. The SMILES string of the molecule is COCc1c(C(=O)O[C@@H](C)C(=O)N[C@H](C)CCc2ccccc2)oc2ccccc12. The first kappa shape index (κ1) is 21.6. The number of aryl methyl sites for hydroxylation is 1. The van der Waals surface area contributed by atoms with Crippen molar-refractivity contribution in [1.82, 2.24) is 5.32 Å². The maximum absolute atomic E-state index is 12.7. The Balaban J connectivity index is 1.59. The van der Waals surface area contributed by atoms with Crippen LogP contribution in [0.1, 0.15) is 41.9 Å². The predicted octanol–water partition coefficient (Wildman–Crippen LogP) is 4.26. The maximum atomic E-state index is 12.7. The molecule has 2 aromatic carbocycles. The van der Waals surface area contributed by atoms with E-state index in [4.69, 9.17) is 13.9 Å². The Kier molecular flexibility index (Phi) is 7.25. The zero-order valence-electron chi connectivity index (χ0n) is 17.5. The Morgan fingerprint density at radius 1 is 1.03 bits per heavy atom. The highest BCUT2D eigenvalue weighted by molar-refractivity contribution is 5.97. The quantitative estimate of drug-likeness (QED) is 0.534. The summed E-state index contributed by atoms with van der Waals surface area (Å²) in [6, 6.07) is 17.4. The number of nitrogens with one attached hydrogen (secondary N) is 1. The Morgan fingerprint density at radius 2 is 1.73 bits per heavy atom. The molecule has 158 valence electrons. The van der Waals surface area contributed by atoms with E-state index >= 15 is 0 Å². The van der Waals surface area contributed by atoms with E-state index in [1.807, 2.05) is 43.3 Å². The van der Waals surface area contributed by atoms with Crippen molar-refractivity contribution in [1.29, 1.82) is 0 Å². The van der Waals surface area contributed by atoms with Crippen molar-refractivity contribution in [2.45, 2.75) is 45.4 Å². The van der Waals surface area contributed by atoms with Crippen LogP contribution in [0.2, 0.25) is 0 Å². The summed E-state index contributed by atoms with van der Waals surface area (Å²) in [5, 5.41) is 3.69. The number of methoxy groups -OCH3 is 1. The van der Waals surface area contributed by atoms with Crippen molar-refractivity contribution in [3.63, 3.8) is 0 Å². The molecule has 1 heterocycles. The highest BCUT2D eigenvalue weighted by atomic mass is 16.6. The van der Waals surface area contributed by atoms with E-state index in [1.165, 1.54) is 5.56 Å². The first-order valence-electron chi connectivity index (χ1n) is 10.0. The van der Waals surface area contributed by atoms with E-state index < -0.39 is 12.1 Å². The van der Waals surface area contributed by atoms with Crippen molar-refractivity contribution >= 4 is 22.8 Å². The third kappa shape index (κ3) is 5.27.